The number of methoxy groups -OCH3 is 1. The molecule has 0 unspecified atom stereocenters. The molecule has 0 atom stereocenters. The third kappa shape index (κ3) is 9.07. The summed E-state index contributed by atoms with van der Waals surface area (Å²) in [5.74, 6) is 1.70. The van der Waals surface area contributed by atoms with E-state index in [-0.39, 0.29) is 5.97 Å². The van der Waals surface area contributed by atoms with Crippen molar-refractivity contribution in [1.82, 2.24) is 25.4 Å². The lowest BCUT2D eigenvalue weighted by molar-refractivity contribution is -0.140. The van der Waals surface area contributed by atoms with Crippen molar-refractivity contribution in [2.75, 3.05) is 26.7 Å². The molecule has 0 spiro atoms. The van der Waals surface area contributed by atoms with Gasteiger partial charge < -0.3 is 19.9 Å². The molecule has 2 N–H and O–H groups in total. The summed E-state index contributed by atoms with van der Waals surface area (Å²) in [5.41, 5.74) is 0. The van der Waals surface area contributed by atoms with Gasteiger partial charge in [-0.3, -0.25) is 9.79 Å². The van der Waals surface area contributed by atoms with Crippen LogP contribution in [0.25, 0.3) is 0 Å². The zero-order valence-electron chi connectivity index (χ0n) is 15.8. The zero-order chi connectivity index (χ0) is 18.3. The van der Waals surface area contributed by atoms with Crippen LogP contribution in [-0.4, -0.2) is 53.4 Å². The van der Waals surface area contributed by atoms with Gasteiger partial charge in [0, 0.05) is 39.0 Å². The van der Waals surface area contributed by atoms with Crippen molar-refractivity contribution in [3.8, 4) is 0 Å². The summed E-state index contributed by atoms with van der Waals surface area (Å²) in [6.07, 6.45) is 7.15. The van der Waals surface area contributed by atoms with Gasteiger partial charge in [-0.05, 0) is 19.8 Å². The van der Waals surface area contributed by atoms with Crippen LogP contribution >= 0.6 is 0 Å². The second-order valence-electron chi connectivity index (χ2n) is 5.72. The SMILES string of the molecule is CCNC(=NCCCCCCC(=O)OC)NCCn1cnnc1CC. The van der Waals surface area contributed by atoms with Crippen LogP contribution in [0, 0.1) is 0 Å². The van der Waals surface area contributed by atoms with E-state index in [4.69, 9.17) is 0 Å². The normalized spacial score (nSPS) is 11.4. The van der Waals surface area contributed by atoms with E-state index in [2.05, 4.69) is 49.0 Å². The number of nitrogens with one attached hydrogen (secondary N) is 2. The van der Waals surface area contributed by atoms with Gasteiger partial charge in [0.15, 0.2) is 5.96 Å². The number of hydrogen-bond donors (Lipinski definition) is 2. The van der Waals surface area contributed by atoms with Crippen LogP contribution in [0.1, 0.15) is 51.8 Å². The van der Waals surface area contributed by atoms with E-state index < -0.39 is 0 Å². The second-order valence-corrected chi connectivity index (χ2v) is 5.72. The van der Waals surface area contributed by atoms with Crippen molar-refractivity contribution in [2.45, 2.75) is 58.9 Å². The Morgan fingerprint density at radius 3 is 2.76 bits per heavy atom. The molecule has 0 bridgehead atoms. The number of carbonyl (C=O) groups is 1. The smallest absolute Gasteiger partial charge is 0.305 e. The lowest BCUT2D eigenvalue weighted by atomic mass is 10.1. The molecule has 0 radical (unpaired) electrons. The fraction of sp³-hybridized carbons (Fsp3) is 0.765. The average molecular weight is 352 g/mol. The molecular formula is C17H32N6O2. The number of unbranched alkanes of at least 4 members (excludes halogenated alkanes) is 3. The number of aryl methyl sites for hydroxylation is 1. The van der Waals surface area contributed by atoms with E-state index in [1.54, 1.807) is 6.33 Å². The van der Waals surface area contributed by atoms with Crippen LogP contribution in [0.2, 0.25) is 0 Å². The minimum Gasteiger partial charge on any atom is -0.469 e. The summed E-state index contributed by atoms with van der Waals surface area (Å²) in [6.45, 7) is 7.33. The van der Waals surface area contributed by atoms with Crippen LogP contribution in [0.3, 0.4) is 0 Å². The summed E-state index contributed by atoms with van der Waals surface area (Å²) in [4.78, 5) is 15.6. The van der Waals surface area contributed by atoms with Gasteiger partial charge in [0.1, 0.15) is 12.2 Å². The van der Waals surface area contributed by atoms with Crippen molar-refractivity contribution in [3.63, 3.8) is 0 Å². The second kappa shape index (κ2) is 13.2. The molecule has 1 heterocycles. The zero-order valence-corrected chi connectivity index (χ0v) is 15.8. The number of aromatic nitrogens is 3. The Kier molecular flexibility index (Phi) is 11.0. The third-order valence-electron chi connectivity index (χ3n) is 3.79. The number of nitrogens with zero attached hydrogens (tertiary/aromatic N) is 4. The van der Waals surface area contributed by atoms with E-state index in [1.807, 2.05) is 0 Å². The topological polar surface area (TPSA) is 93.4 Å². The molecular weight excluding hydrogens is 320 g/mol. The van der Waals surface area contributed by atoms with Gasteiger partial charge in [-0.1, -0.05) is 19.8 Å². The van der Waals surface area contributed by atoms with E-state index in [0.717, 1.165) is 70.1 Å². The fourth-order valence-corrected chi connectivity index (χ4v) is 2.40. The summed E-state index contributed by atoms with van der Waals surface area (Å²) >= 11 is 0. The minimum absolute atomic E-state index is 0.129. The van der Waals surface area contributed by atoms with Crippen molar-refractivity contribution in [3.05, 3.63) is 12.2 Å². The van der Waals surface area contributed by atoms with Crippen molar-refractivity contribution in [1.29, 1.82) is 0 Å². The van der Waals surface area contributed by atoms with E-state index in [0.29, 0.717) is 6.42 Å². The average Bonchev–Trinajstić information content (AvgIpc) is 3.08. The monoisotopic (exact) mass is 352 g/mol. The lowest BCUT2D eigenvalue weighted by Crippen LogP contribution is -2.39. The third-order valence-corrected chi connectivity index (χ3v) is 3.79. The maximum atomic E-state index is 11.0. The molecule has 1 aromatic heterocycles. The summed E-state index contributed by atoms with van der Waals surface area (Å²) in [6, 6.07) is 0. The number of aliphatic imine (C=N–C) groups is 1. The first-order valence-corrected chi connectivity index (χ1v) is 9.16. The number of guanidine groups is 1. The predicted octanol–water partition coefficient (Wildman–Crippen LogP) is 1.52. The molecule has 0 fully saturated rings. The standard InChI is InChI=1S/C17H32N6O2/c1-4-15-22-21-14-23(15)13-12-20-17(18-5-2)19-11-9-7-6-8-10-16(24)25-3/h14H,4-13H2,1-3H3,(H2,18,19,20). The molecule has 1 rings (SSSR count). The lowest BCUT2D eigenvalue weighted by Gasteiger charge is -2.12. The van der Waals surface area contributed by atoms with Gasteiger partial charge in [-0.25, -0.2) is 0 Å². The Morgan fingerprint density at radius 2 is 2.04 bits per heavy atom. The highest BCUT2D eigenvalue weighted by Crippen LogP contribution is 2.04. The highest BCUT2D eigenvalue weighted by molar-refractivity contribution is 5.79. The molecule has 142 valence electrons. The highest BCUT2D eigenvalue weighted by atomic mass is 16.5. The first-order chi connectivity index (χ1) is 12.2. The summed E-state index contributed by atoms with van der Waals surface area (Å²) < 4.78 is 6.68. The van der Waals surface area contributed by atoms with E-state index >= 15 is 0 Å². The van der Waals surface area contributed by atoms with Crippen molar-refractivity contribution < 1.29 is 9.53 Å². The van der Waals surface area contributed by atoms with Crippen LogP contribution < -0.4 is 10.6 Å². The molecule has 0 aliphatic heterocycles. The number of carbonyl (C=O) groups excluding carboxylic acids is 1. The van der Waals surface area contributed by atoms with Crippen LogP contribution in [0.15, 0.2) is 11.3 Å². The van der Waals surface area contributed by atoms with Crippen molar-refractivity contribution >= 4 is 11.9 Å². The van der Waals surface area contributed by atoms with Crippen LogP contribution in [0.5, 0.6) is 0 Å². The molecule has 0 aromatic carbocycles. The Balaban J connectivity index is 2.21. The summed E-state index contributed by atoms with van der Waals surface area (Å²) in [7, 11) is 1.43. The molecule has 0 saturated heterocycles. The largest absolute Gasteiger partial charge is 0.469 e. The molecule has 1 aromatic rings. The van der Waals surface area contributed by atoms with Gasteiger partial charge >= 0.3 is 5.97 Å². The molecule has 8 heteroatoms. The number of ether oxygens (including phenoxy) is 1. The minimum atomic E-state index is -0.129. The number of esters is 1. The predicted molar refractivity (Wildman–Crippen MR) is 98.5 cm³/mol. The Morgan fingerprint density at radius 1 is 1.24 bits per heavy atom. The molecule has 25 heavy (non-hydrogen) atoms. The Labute approximate surface area is 150 Å². The Hall–Kier alpha value is -2.12. The molecule has 8 nitrogen and oxygen atoms in total. The molecule has 0 amide bonds. The molecule has 0 saturated carbocycles. The Bertz CT molecular complexity index is 515. The molecule has 0 aliphatic carbocycles. The van der Waals surface area contributed by atoms with Gasteiger partial charge in [-0.2, -0.15) is 0 Å². The van der Waals surface area contributed by atoms with Gasteiger partial charge in [0.05, 0.1) is 7.11 Å². The quantitative estimate of drug-likeness (QED) is 0.256. The maximum Gasteiger partial charge on any atom is 0.305 e. The van der Waals surface area contributed by atoms with Crippen LogP contribution in [-0.2, 0) is 22.5 Å². The van der Waals surface area contributed by atoms with E-state index in [9.17, 15) is 4.79 Å². The van der Waals surface area contributed by atoms with Crippen LogP contribution in [0.4, 0.5) is 0 Å². The van der Waals surface area contributed by atoms with Gasteiger partial charge in [0.25, 0.3) is 0 Å². The van der Waals surface area contributed by atoms with Gasteiger partial charge in [-0.15, -0.1) is 10.2 Å². The first-order valence-electron chi connectivity index (χ1n) is 9.16. The van der Waals surface area contributed by atoms with Gasteiger partial charge in [0.2, 0.25) is 0 Å². The number of hydrogen-bond acceptors (Lipinski definition) is 5. The fourth-order valence-electron chi connectivity index (χ4n) is 2.40. The maximum absolute atomic E-state index is 11.0. The first kappa shape index (κ1) is 20.9. The molecule has 0 aliphatic rings. The van der Waals surface area contributed by atoms with E-state index in [1.165, 1.54) is 7.11 Å². The summed E-state index contributed by atoms with van der Waals surface area (Å²) in [5, 5.41) is 14.6. The van der Waals surface area contributed by atoms with Crippen molar-refractivity contribution in [2.24, 2.45) is 4.99 Å². The highest BCUT2D eigenvalue weighted by Gasteiger charge is 2.02. The number of rotatable bonds is 12.